The first-order chi connectivity index (χ1) is 16.0. The third kappa shape index (κ3) is 8.25. The van der Waals surface area contributed by atoms with Gasteiger partial charge in [0.1, 0.15) is 0 Å². The summed E-state index contributed by atoms with van der Waals surface area (Å²) in [6.45, 7) is 34.5. The number of rotatable bonds is 16. The van der Waals surface area contributed by atoms with E-state index >= 15 is 0 Å². The molecule has 0 aliphatic rings. The molecule has 34 heavy (non-hydrogen) atoms. The Balaban J connectivity index is 3.40. The monoisotopic (exact) mass is 538 g/mol. The molecule has 0 aliphatic heterocycles. The van der Waals surface area contributed by atoms with E-state index in [0.29, 0.717) is 11.3 Å². The first-order valence-electron chi connectivity index (χ1n) is 14.3. The summed E-state index contributed by atoms with van der Waals surface area (Å²) in [6, 6.07) is 6.49. The lowest BCUT2D eigenvalue weighted by atomic mass is 10.0. The molecular weight excluding hydrogens is 481 g/mol. The largest absolute Gasteiger partial charge is 0.417 e. The summed E-state index contributed by atoms with van der Waals surface area (Å²) in [7, 11) is -3.87. The maximum atomic E-state index is 6.46. The van der Waals surface area contributed by atoms with Crippen LogP contribution < -0.4 is 10.4 Å². The molecule has 1 atom stereocenters. The van der Waals surface area contributed by atoms with Crippen molar-refractivity contribution in [3.8, 4) is 0 Å². The normalized spacial score (nSPS) is 14.1. The molecule has 1 unspecified atom stereocenters. The van der Waals surface area contributed by atoms with Crippen LogP contribution in [0, 0.1) is 0 Å². The second-order valence-corrected chi connectivity index (χ2v) is 23.2. The van der Waals surface area contributed by atoms with Crippen molar-refractivity contribution in [1.82, 2.24) is 9.80 Å². The SMILES string of the molecule is CCO[Si](C)(C)C(C)c1c(CC[SiH2]C(N(CC)CC)N(CC)CC)ccc([SiH](C)C)c1[SiH](C)C. The van der Waals surface area contributed by atoms with Gasteiger partial charge in [-0.05, 0) is 63.7 Å². The van der Waals surface area contributed by atoms with Gasteiger partial charge in [-0.15, -0.1) is 0 Å². The van der Waals surface area contributed by atoms with E-state index in [9.17, 15) is 0 Å². The molecule has 0 spiro atoms. The van der Waals surface area contributed by atoms with Crippen LogP contribution in [0.1, 0.15) is 58.2 Å². The van der Waals surface area contributed by atoms with Crippen LogP contribution in [-0.4, -0.2) is 83.8 Å². The highest BCUT2D eigenvalue weighted by atomic mass is 28.4. The zero-order valence-electron chi connectivity index (χ0n) is 24.9. The molecule has 0 N–H and O–H groups in total. The van der Waals surface area contributed by atoms with Crippen LogP contribution in [0.3, 0.4) is 0 Å². The van der Waals surface area contributed by atoms with Crippen LogP contribution in [0.15, 0.2) is 12.1 Å². The minimum Gasteiger partial charge on any atom is -0.417 e. The van der Waals surface area contributed by atoms with E-state index in [2.05, 4.69) is 103 Å². The molecule has 0 aliphatic carbocycles. The van der Waals surface area contributed by atoms with E-state index in [0.717, 1.165) is 32.8 Å². The zero-order valence-corrected chi connectivity index (χ0v) is 29.6. The third-order valence-corrected chi connectivity index (χ3v) is 17.6. The fourth-order valence-electron chi connectivity index (χ4n) is 5.78. The van der Waals surface area contributed by atoms with Gasteiger partial charge in [0.05, 0.1) is 27.1 Å². The maximum Gasteiger partial charge on any atom is 0.193 e. The van der Waals surface area contributed by atoms with Gasteiger partial charge in [-0.25, -0.2) is 0 Å². The summed E-state index contributed by atoms with van der Waals surface area (Å²) in [4.78, 5) is 5.43. The van der Waals surface area contributed by atoms with E-state index in [4.69, 9.17) is 4.43 Å². The van der Waals surface area contributed by atoms with Gasteiger partial charge in [0, 0.05) is 17.9 Å². The van der Waals surface area contributed by atoms with Gasteiger partial charge in [0.15, 0.2) is 8.32 Å². The van der Waals surface area contributed by atoms with E-state index in [1.807, 2.05) is 5.19 Å². The van der Waals surface area contributed by atoms with Crippen molar-refractivity contribution >= 4 is 45.8 Å². The molecule has 0 saturated carbocycles. The average molecular weight is 539 g/mol. The fourth-order valence-corrected chi connectivity index (χ4v) is 15.8. The van der Waals surface area contributed by atoms with E-state index < -0.39 is 25.9 Å². The Bertz CT molecular complexity index is 707. The standard InChI is InChI=1S/C27H58N2OSi4/c1-13-28(14-2)27(29(15-3)16-4)31-21-20-23-18-19-24(32(7)8)26(33(9)10)25(23)22(6)34(11,12)30-17-5/h18-19,22,27,32-33H,13-17,20-21,31H2,1-12H3. The van der Waals surface area contributed by atoms with Gasteiger partial charge in [0.2, 0.25) is 0 Å². The fraction of sp³-hybridized carbons (Fsp3) is 0.778. The van der Waals surface area contributed by atoms with Crippen LogP contribution in [0.4, 0.5) is 0 Å². The lowest BCUT2D eigenvalue weighted by Gasteiger charge is -2.38. The minimum atomic E-state index is -1.80. The molecule has 0 aromatic heterocycles. The minimum absolute atomic E-state index is 0.247. The summed E-state index contributed by atoms with van der Waals surface area (Å²) in [5, 5.41) is 3.56. The van der Waals surface area contributed by atoms with Crippen molar-refractivity contribution in [2.45, 2.75) is 105 Å². The predicted octanol–water partition coefficient (Wildman–Crippen LogP) is 4.06. The van der Waals surface area contributed by atoms with E-state index in [-0.39, 0.29) is 9.52 Å². The number of benzene rings is 1. The second-order valence-electron chi connectivity index (χ2n) is 11.0. The third-order valence-electron chi connectivity index (χ3n) is 7.98. The zero-order chi connectivity index (χ0) is 26.1. The van der Waals surface area contributed by atoms with Gasteiger partial charge in [-0.1, -0.05) is 89.4 Å². The molecule has 0 radical (unpaired) electrons. The lowest BCUT2D eigenvalue weighted by molar-refractivity contribution is 0.115. The smallest absolute Gasteiger partial charge is 0.193 e. The van der Waals surface area contributed by atoms with Crippen LogP contribution >= 0.6 is 0 Å². The van der Waals surface area contributed by atoms with Crippen molar-refractivity contribution in [2.75, 3.05) is 32.8 Å². The van der Waals surface area contributed by atoms with E-state index in [1.54, 1.807) is 16.3 Å². The van der Waals surface area contributed by atoms with Crippen molar-refractivity contribution < 1.29 is 4.43 Å². The molecule has 3 nitrogen and oxygen atoms in total. The van der Waals surface area contributed by atoms with Crippen molar-refractivity contribution in [2.24, 2.45) is 0 Å². The molecule has 7 heteroatoms. The van der Waals surface area contributed by atoms with Gasteiger partial charge in [-0.2, -0.15) is 0 Å². The van der Waals surface area contributed by atoms with Crippen LogP contribution in [0.5, 0.6) is 0 Å². The highest BCUT2D eigenvalue weighted by Gasteiger charge is 2.35. The Labute approximate surface area is 220 Å². The molecule has 198 valence electrons. The van der Waals surface area contributed by atoms with Gasteiger partial charge in [0.25, 0.3) is 0 Å². The lowest BCUT2D eigenvalue weighted by Crippen LogP contribution is -2.52. The first-order valence-corrected chi connectivity index (χ1v) is 24.8. The van der Waals surface area contributed by atoms with Crippen molar-refractivity contribution in [3.63, 3.8) is 0 Å². The molecule has 1 rings (SSSR count). The van der Waals surface area contributed by atoms with Crippen LogP contribution in [-0.2, 0) is 10.8 Å². The van der Waals surface area contributed by atoms with E-state index in [1.165, 1.54) is 12.5 Å². The number of aryl methyl sites for hydroxylation is 1. The summed E-state index contributed by atoms with van der Waals surface area (Å²) in [5.74, 6) is 0.696. The average Bonchev–Trinajstić information content (AvgIpc) is 2.79. The highest BCUT2D eigenvalue weighted by molar-refractivity contribution is 6.83. The van der Waals surface area contributed by atoms with Gasteiger partial charge < -0.3 is 4.43 Å². The van der Waals surface area contributed by atoms with Gasteiger partial charge >= 0.3 is 0 Å². The summed E-state index contributed by atoms with van der Waals surface area (Å²) < 4.78 is 6.46. The number of nitrogens with zero attached hydrogens (tertiary/aromatic N) is 2. The Morgan fingerprint density at radius 2 is 1.41 bits per heavy atom. The highest BCUT2D eigenvalue weighted by Crippen LogP contribution is 2.30. The Kier molecular flexibility index (Phi) is 14.4. The Morgan fingerprint density at radius 1 is 0.882 bits per heavy atom. The van der Waals surface area contributed by atoms with Gasteiger partial charge in [-0.3, -0.25) is 9.80 Å². The van der Waals surface area contributed by atoms with Crippen molar-refractivity contribution in [3.05, 3.63) is 23.3 Å². The molecule has 0 saturated heterocycles. The molecule has 0 fully saturated rings. The molecule has 0 bridgehead atoms. The van der Waals surface area contributed by atoms with Crippen molar-refractivity contribution in [1.29, 1.82) is 0 Å². The van der Waals surface area contributed by atoms with Crippen LogP contribution in [0.25, 0.3) is 0 Å². The maximum absolute atomic E-state index is 6.46. The molecule has 1 aromatic carbocycles. The molecule has 1 aromatic rings. The summed E-state index contributed by atoms with van der Waals surface area (Å²) in [6.07, 6.45) is 1.26. The van der Waals surface area contributed by atoms with Crippen LogP contribution in [0.2, 0.25) is 45.3 Å². The summed E-state index contributed by atoms with van der Waals surface area (Å²) >= 11 is 0. The number of hydrogen-bond donors (Lipinski definition) is 0. The molecule has 0 heterocycles. The number of hydrogen-bond acceptors (Lipinski definition) is 3. The first kappa shape index (κ1) is 32.0. The second kappa shape index (κ2) is 15.3. The topological polar surface area (TPSA) is 15.7 Å². The molecule has 0 amide bonds. The summed E-state index contributed by atoms with van der Waals surface area (Å²) in [5.41, 5.74) is 3.96. The quantitative estimate of drug-likeness (QED) is 0.233. The predicted molar refractivity (Wildman–Crippen MR) is 168 cm³/mol. The molecular formula is C27H58N2OSi4. The Morgan fingerprint density at radius 3 is 1.82 bits per heavy atom. The Hall–Kier alpha value is -0.0325.